The van der Waals surface area contributed by atoms with Gasteiger partial charge in [-0.2, -0.15) is 0 Å². The standard InChI is InChI=1S/C24H27BrN4O3/c1-13-19(10-17-16-9-15(25)3-4-18(16)28-23(17)31)27-22-20(13)21(30)14(12-26-22)11-24(32)5-7-29(2)8-6-24/h3-4,9-10,14,28,31-32H,5-8,11-12H2,1-2H3,(H,26,27). The van der Waals surface area contributed by atoms with Gasteiger partial charge in [-0.1, -0.05) is 15.9 Å². The normalized spacial score (nSPS) is 21.7. The SMILES string of the molecule is Cc1c2c([nH]c1=Cc1c(O)[nH]c3ccc(Br)cc13)=NCC(CC1(O)CCN(C)CC1)C2=O. The largest absolute Gasteiger partial charge is 0.494 e. The Bertz CT molecular complexity index is 1330. The average molecular weight is 499 g/mol. The van der Waals surface area contributed by atoms with Gasteiger partial charge in [0.1, 0.15) is 5.49 Å². The first-order valence-corrected chi connectivity index (χ1v) is 11.7. The number of halogens is 1. The number of aromatic nitrogens is 2. The summed E-state index contributed by atoms with van der Waals surface area (Å²) in [6.45, 7) is 3.97. The molecule has 3 aromatic rings. The monoisotopic (exact) mass is 498 g/mol. The van der Waals surface area contributed by atoms with Gasteiger partial charge < -0.3 is 25.1 Å². The number of hydrogen-bond donors (Lipinski definition) is 4. The van der Waals surface area contributed by atoms with Crippen molar-refractivity contribution < 1.29 is 15.0 Å². The van der Waals surface area contributed by atoms with Crippen molar-refractivity contribution in [2.24, 2.45) is 10.9 Å². The fourth-order valence-corrected chi connectivity index (χ4v) is 5.33. The Balaban J connectivity index is 1.50. The fourth-order valence-electron chi connectivity index (χ4n) is 4.97. The molecule has 2 aromatic heterocycles. The first kappa shape index (κ1) is 21.4. The molecular weight excluding hydrogens is 472 g/mol. The fraction of sp³-hybridized carbons (Fsp3) is 0.417. The van der Waals surface area contributed by atoms with Gasteiger partial charge in [-0.05, 0) is 63.1 Å². The quantitative estimate of drug-likeness (QED) is 0.444. The molecule has 0 spiro atoms. The molecule has 1 saturated heterocycles. The summed E-state index contributed by atoms with van der Waals surface area (Å²) in [6.07, 6.45) is 3.67. The van der Waals surface area contributed by atoms with Crippen molar-refractivity contribution in [1.29, 1.82) is 0 Å². The van der Waals surface area contributed by atoms with Gasteiger partial charge in [-0.15, -0.1) is 0 Å². The van der Waals surface area contributed by atoms with Gasteiger partial charge in [0.05, 0.1) is 17.7 Å². The maximum atomic E-state index is 13.4. The van der Waals surface area contributed by atoms with Crippen LogP contribution in [0.25, 0.3) is 17.0 Å². The summed E-state index contributed by atoms with van der Waals surface area (Å²) in [4.78, 5) is 26.5. The number of carbonyl (C=O) groups is 1. The Labute approximate surface area is 194 Å². The Morgan fingerprint density at radius 2 is 2.06 bits per heavy atom. The molecule has 2 aliphatic rings. The number of nitrogens with one attached hydrogen (secondary N) is 2. The number of rotatable bonds is 3. The molecule has 5 rings (SSSR count). The van der Waals surface area contributed by atoms with Gasteiger partial charge in [-0.25, -0.2) is 0 Å². The van der Waals surface area contributed by atoms with Crippen LogP contribution in [0, 0.1) is 12.8 Å². The van der Waals surface area contributed by atoms with Gasteiger partial charge in [0, 0.05) is 45.3 Å². The minimum Gasteiger partial charge on any atom is -0.494 e. The van der Waals surface area contributed by atoms with Crippen LogP contribution in [0.5, 0.6) is 5.88 Å². The number of Topliss-reactive ketones (excluding diaryl/α,β-unsaturated/α-hetero) is 1. The lowest BCUT2D eigenvalue weighted by Crippen LogP contribution is -2.46. The predicted octanol–water partition coefficient (Wildman–Crippen LogP) is 2.38. The molecule has 8 heteroatoms. The highest BCUT2D eigenvalue weighted by Crippen LogP contribution is 2.32. The van der Waals surface area contributed by atoms with Crippen molar-refractivity contribution in [3.63, 3.8) is 0 Å². The molecule has 0 bridgehead atoms. The summed E-state index contributed by atoms with van der Waals surface area (Å²) in [5.74, 6) is -0.187. The Hall–Kier alpha value is -2.42. The molecular formula is C24H27BrN4O3. The highest BCUT2D eigenvalue weighted by molar-refractivity contribution is 9.10. The summed E-state index contributed by atoms with van der Waals surface area (Å²) >= 11 is 3.48. The molecule has 0 amide bonds. The van der Waals surface area contributed by atoms with E-state index in [0.717, 1.165) is 39.4 Å². The number of benzene rings is 1. The van der Waals surface area contributed by atoms with Crippen LogP contribution in [0.4, 0.5) is 0 Å². The van der Waals surface area contributed by atoms with E-state index >= 15 is 0 Å². The smallest absolute Gasteiger partial charge is 0.196 e. The number of piperidine rings is 1. The Morgan fingerprint density at radius 3 is 2.81 bits per heavy atom. The van der Waals surface area contributed by atoms with Crippen molar-refractivity contribution in [3.05, 3.63) is 50.2 Å². The predicted molar refractivity (Wildman–Crippen MR) is 127 cm³/mol. The van der Waals surface area contributed by atoms with Crippen LogP contribution >= 0.6 is 15.9 Å². The zero-order valence-corrected chi connectivity index (χ0v) is 19.8. The molecule has 1 atom stereocenters. The average Bonchev–Trinajstić information content (AvgIpc) is 3.24. The van der Waals surface area contributed by atoms with Gasteiger partial charge in [0.2, 0.25) is 0 Å². The first-order chi connectivity index (χ1) is 15.2. The highest BCUT2D eigenvalue weighted by atomic mass is 79.9. The topological polar surface area (TPSA) is 105 Å². The molecule has 0 saturated carbocycles. The van der Waals surface area contributed by atoms with Crippen LogP contribution in [-0.4, -0.2) is 63.1 Å². The molecule has 7 nitrogen and oxygen atoms in total. The lowest BCUT2D eigenvalue weighted by molar-refractivity contribution is -0.0316. The van der Waals surface area contributed by atoms with Crippen molar-refractivity contribution in [3.8, 4) is 5.88 Å². The summed E-state index contributed by atoms with van der Waals surface area (Å²) in [6, 6.07) is 5.76. The third kappa shape index (κ3) is 3.70. The second-order valence-corrected chi connectivity index (χ2v) is 10.2. The molecule has 1 aromatic carbocycles. The van der Waals surface area contributed by atoms with Crippen LogP contribution in [-0.2, 0) is 0 Å². The molecule has 168 valence electrons. The molecule has 4 heterocycles. The van der Waals surface area contributed by atoms with E-state index in [0.29, 0.717) is 42.4 Å². The number of carbonyl (C=O) groups excluding carboxylic acids is 1. The first-order valence-electron chi connectivity index (χ1n) is 10.9. The van der Waals surface area contributed by atoms with Crippen LogP contribution in [0.3, 0.4) is 0 Å². The van der Waals surface area contributed by atoms with Gasteiger partial charge in [0.25, 0.3) is 0 Å². The Kier molecular flexibility index (Phi) is 5.27. The number of aromatic amines is 2. The molecule has 32 heavy (non-hydrogen) atoms. The molecule has 1 fully saturated rings. The van der Waals surface area contributed by atoms with Crippen LogP contribution in [0.2, 0.25) is 0 Å². The van der Waals surface area contributed by atoms with E-state index in [1.807, 2.05) is 31.2 Å². The van der Waals surface area contributed by atoms with Crippen LogP contribution in [0.1, 0.15) is 40.7 Å². The van der Waals surface area contributed by atoms with E-state index in [2.05, 4.69) is 42.8 Å². The van der Waals surface area contributed by atoms with E-state index in [1.54, 1.807) is 0 Å². The van der Waals surface area contributed by atoms with Crippen LogP contribution < -0.4 is 10.8 Å². The van der Waals surface area contributed by atoms with E-state index in [9.17, 15) is 15.0 Å². The van der Waals surface area contributed by atoms with E-state index in [4.69, 9.17) is 0 Å². The number of H-pyrrole nitrogens is 2. The molecule has 0 radical (unpaired) electrons. The summed E-state index contributed by atoms with van der Waals surface area (Å²) in [5, 5.41) is 23.1. The maximum absolute atomic E-state index is 13.4. The van der Waals surface area contributed by atoms with Gasteiger partial charge in [0.15, 0.2) is 11.7 Å². The third-order valence-corrected chi connectivity index (χ3v) is 7.46. The van der Waals surface area contributed by atoms with Crippen molar-refractivity contribution in [2.45, 2.75) is 31.8 Å². The molecule has 0 aliphatic carbocycles. The number of aliphatic hydroxyl groups is 1. The minimum atomic E-state index is -0.803. The van der Waals surface area contributed by atoms with E-state index in [-0.39, 0.29) is 17.6 Å². The van der Waals surface area contributed by atoms with Crippen molar-refractivity contribution >= 4 is 38.7 Å². The van der Waals surface area contributed by atoms with Gasteiger partial charge in [-0.3, -0.25) is 9.79 Å². The number of ketones is 1. The van der Waals surface area contributed by atoms with E-state index in [1.165, 1.54) is 0 Å². The molecule has 2 aliphatic heterocycles. The van der Waals surface area contributed by atoms with Crippen molar-refractivity contribution in [2.75, 3.05) is 26.7 Å². The third-order valence-electron chi connectivity index (χ3n) is 6.97. The number of aromatic hydroxyl groups is 1. The summed E-state index contributed by atoms with van der Waals surface area (Å²) in [5.41, 5.74) is 2.70. The summed E-state index contributed by atoms with van der Waals surface area (Å²) < 4.78 is 0.918. The minimum absolute atomic E-state index is 0.0432. The molecule has 1 unspecified atom stereocenters. The summed E-state index contributed by atoms with van der Waals surface area (Å²) in [7, 11) is 2.05. The van der Waals surface area contributed by atoms with Crippen LogP contribution in [0.15, 0.2) is 27.7 Å². The second kappa shape index (κ2) is 7.86. The van der Waals surface area contributed by atoms with Crippen molar-refractivity contribution in [1.82, 2.24) is 14.9 Å². The number of fused-ring (bicyclic) bond motifs is 2. The van der Waals surface area contributed by atoms with E-state index < -0.39 is 5.60 Å². The molecule has 4 N–H and O–H groups in total. The Morgan fingerprint density at radius 1 is 1.31 bits per heavy atom. The number of likely N-dealkylation sites (tertiary alicyclic amines) is 1. The zero-order valence-electron chi connectivity index (χ0n) is 18.2. The lowest BCUT2D eigenvalue weighted by Gasteiger charge is -2.38. The lowest BCUT2D eigenvalue weighted by atomic mass is 9.79. The second-order valence-electron chi connectivity index (χ2n) is 9.24. The van der Waals surface area contributed by atoms with Gasteiger partial charge >= 0.3 is 0 Å². The number of nitrogens with zero attached hydrogens (tertiary/aromatic N) is 2. The highest BCUT2D eigenvalue weighted by Gasteiger charge is 2.38. The maximum Gasteiger partial charge on any atom is 0.196 e. The number of hydrogen-bond acceptors (Lipinski definition) is 5. The zero-order chi connectivity index (χ0) is 22.6.